The maximum Gasteiger partial charge on any atom is 0.179 e. The molecule has 0 unspecified atom stereocenters. The van der Waals surface area contributed by atoms with Crippen molar-refractivity contribution >= 4 is 72.4 Å². The fraction of sp³-hybridized carbons (Fsp3) is 0. The molecule has 11 aromatic carbocycles. The summed E-state index contributed by atoms with van der Waals surface area (Å²) in [4.78, 5) is 0. The molecule has 0 fully saturated rings. The van der Waals surface area contributed by atoms with E-state index in [1.54, 1.807) is 0 Å². The lowest BCUT2D eigenvalue weighted by molar-refractivity contribution is 1.13. The molecule has 2 heterocycles. The molecule has 0 spiro atoms. The number of para-hydroxylation sites is 3. The van der Waals surface area contributed by atoms with Gasteiger partial charge < -0.3 is 9.13 Å². The molecule has 3 heteroatoms. The molecule has 0 amide bonds. The molecule has 0 saturated heterocycles. The SMILES string of the molecule is c1ccc(-c2cc(-c3ccccc3)cc(-c3cc(-n4c5ccccc5c5ccccc54)cc(-n4c5ccccc5c5cc([Si](c6ccccc6)(c6ccccc6)c6ccccc6)ccc54)c3)c2)cc1. The summed E-state index contributed by atoms with van der Waals surface area (Å²) >= 11 is 0. The van der Waals surface area contributed by atoms with E-state index in [1.807, 2.05) is 0 Å². The van der Waals surface area contributed by atoms with Gasteiger partial charge in [-0.05, 0) is 115 Å². The molecule has 0 N–H and O–H groups in total. The van der Waals surface area contributed by atoms with Crippen LogP contribution < -0.4 is 20.7 Å². The van der Waals surface area contributed by atoms with Gasteiger partial charge in [0.1, 0.15) is 0 Å². The van der Waals surface area contributed by atoms with Crippen molar-refractivity contribution in [3.63, 3.8) is 0 Å². The van der Waals surface area contributed by atoms with E-state index in [9.17, 15) is 0 Å². The van der Waals surface area contributed by atoms with Gasteiger partial charge in [-0.25, -0.2) is 0 Å². The minimum Gasteiger partial charge on any atom is -0.309 e. The van der Waals surface area contributed by atoms with Crippen molar-refractivity contribution in [2.75, 3.05) is 0 Å². The zero-order valence-corrected chi connectivity index (χ0v) is 39.0. The molecule has 0 saturated carbocycles. The zero-order chi connectivity index (χ0) is 45.7. The first kappa shape index (κ1) is 40.5. The second kappa shape index (κ2) is 16.8. The molecule has 2 aromatic heterocycles. The third-order valence-electron chi connectivity index (χ3n) is 14.2. The van der Waals surface area contributed by atoms with Crippen LogP contribution in [0.2, 0.25) is 0 Å². The van der Waals surface area contributed by atoms with Gasteiger partial charge in [0.25, 0.3) is 0 Å². The predicted molar refractivity (Wildman–Crippen MR) is 295 cm³/mol. The van der Waals surface area contributed by atoms with E-state index in [-0.39, 0.29) is 0 Å². The largest absolute Gasteiger partial charge is 0.309 e. The van der Waals surface area contributed by atoms with Crippen molar-refractivity contribution in [1.82, 2.24) is 9.13 Å². The molecule has 13 rings (SSSR count). The summed E-state index contributed by atoms with van der Waals surface area (Å²) in [6.45, 7) is 0. The Balaban J connectivity index is 1.11. The van der Waals surface area contributed by atoms with Crippen LogP contribution in [0.4, 0.5) is 0 Å². The van der Waals surface area contributed by atoms with Crippen LogP contribution in [0.15, 0.2) is 279 Å². The Labute approximate surface area is 403 Å². The number of hydrogen-bond acceptors (Lipinski definition) is 0. The second-order valence-corrected chi connectivity index (χ2v) is 21.9. The van der Waals surface area contributed by atoms with Crippen LogP contribution in [-0.4, -0.2) is 17.2 Å². The number of nitrogens with zero attached hydrogens (tertiary/aromatic N) is 2. The molecular weight excluding hydrogens is 849 g/mol. The van der Waals surface area contributed by atoms with Gasteiger partial charge in [-0.3, -0.25) is 0 Å². The molecule has 0 bridgehead atoms. The molecule has 0 radical (unpaired) electrons. The van der Waals surface area contributed by atoms with Crippen LogP contribution in [-0.2, 0) is 0 Å². The van der Waals surface area contributed by atoms with E-state index in [0.29, 0.717) is 0 Å². The quantitative estimate of drug-likeness (QED) is 0.101. The summed E-state index contributed by atoms with van der Waals surface area (Å²) in [6.07, 6.45) is 0. The Morgan fingerprint density at radius 3 is 0.942 bits per heavy atom. The van der Waals surface area contributed by atoms with Gasteiger partial charge in [0.2, 0.25) is 0 Å². The molecule has 13 aromatic rings. The number of aromatic nitrogens is 2. The van der Waals surface area contributed by atoms with Crippen LogP contribution >= 0.6 is 0 Å². The molecular formula is C66H46N2Si. The number of rotatable bonds is 9. The smallest absolute Gasteiger partial charge is 0.179 e. The predicted octanol–water partition coefficient (Wildman–Crippen LogP) is 14.3. The monoisotopic (exact) mass is 894 g/mol. The van der Waals surface area contributed by atoms with Crippen molar-refractivity contribution in [3.8, 4) is 44.8 Å². The maximum absolute atomic E-state index is 2.80. The van der Waals surface area contributed by atoms with Crippen molar-refractivity contribution in [2.45, 2.75) is 0 Å². The normalized spacial score (nSPS) is 11.8. The second-order valence-electron chi connectivity index (χ2n) is 18.1. The van der Waals surface area contributed by atoms with Gasteiger partial charge in [0.05, 0.1) is 22.1 Å². The number of fused-ring (bicyclic) bond motifs is 6. The molecule has 324 valence electrons. The van der Waals surface area contributed by atoms with Crippen molar-refractivity contribution in [1.29, 1.82) is 0 Å². The van der Waals surface area contributed by atoms with Crippen LogP contribution in [0.5, 0.6) is 0 Å². The Bertz CT molecular complexity index is 3780. The lowest BCUT2D eigenvalue weighted by atomic mass is 9.93. The number of benzene rings is 11. The first-order chi connectivity index (χ1) is 34.2. The highest BCUT2D eigenvalue weighted by molar-refractivity contribution is 7.20. The highest BCUT2D eigenvalue weighted by atomic mass is 28.3. The van der Waals surface area contributed by atoms with Gasteiger partial charge in [0, 0.05) is 32.9 Å². The molecule has 0 aliphatic heterocycles. The average molecular weight is 895 g/mol. The van der Waals surface area contributed by atoms with E-state index in [2.05, 4.69) is 288 Å². The fourth-order valence-corrected chi connectivity index (χ4v) is 15.9. The van der Waals surface area contributed by atoms with Crippen molar-refractivity contribution in [2.24, 2.45) is 0 Å². The lowest BCUT2D eigenvalue weighted by Gasteiger charge is -2.34. The maximum atomic E-state index is 2.53. The summed E-state index contributed by atoms with van der Waals surface area (Å²) in [7, 11) is -2.80. The van der Waals surface area contributed by atoms with Gasteiger partial charge in [-0.1, -0.05) is 218 Å². The van der Waals surface area contributed by atoms with E-state index in [0.717, 1.165) is 22.5 Å². The molecule has 0 aliphatic rings. The first-order valence-corrected chi connectivity index (χ1v) is 25.8. The summed E-state index contributed by atoms with van der Waals surface area (Å²) in [5, 5.41) is 10.4. The van der Waals surface area contributed by atoms with Crippen molar-refractivity contribution < 1.29 is 0 Å². The van der Waals surface area contributed by atoms with Crippen LogP contribution in [0.3, 0.4) is 0 Å². The molecule has 69 heavy (non-hydrogen) atoms. The van der Waals surface area contributed by atoms with Crippen LogP contribution in [0.25, 0.3) is 88.4 Å². The fourth-order valence-electron chi connectivity index (χ4n) is 11.2. The molecule has 0 atom stereocenters. The van der Waals surface area contributed by atoms with Gasteiger partial charge in [0.15, 0.2) is 8.07 Å². The van der Waals surface area contributed by atoms with Crippen LogP contribution in [0.1, 0.15) is 0 Å². The standard InChI is InChI=1S/C66H46N2Si/c1-6-22-47(23-7-1)49-40-50(48-24-8-2-9-25-48)42-51(41-49)52-43-53(67-63-35-19-16-32-59(63)60-33-17-20-36-64(60)67)45-54(44-52)68-65-37-21-18-34-61(65)62-46-58(38-39-66(62)68)69(55-26-10-3-11-27-55,56-28-12-4-13-29-56)57-30-14-5-15-31-57/h1-46H. The van der Waals surface area contributed by atoms with Gasteiger partial charge >= 0.3 is 0 Å². The van der Waals surface area contributed by atoms with Gasteiger partial charge in [-0.2, -0.15) is 0 Å². The molecule has 0 aliphatic carbocycles. The Hall–Kier alpha value is -8.76. The number of hydrogen-bond donors (Lipinski definition) is 0. The van der Waals surface area contributed by atoms with E-state index in [1.165, 1.54) is 86.6 Å². The van der Waals surface area contributed by atoms with Crippen molar-refractivity contribution in [3.05, 3.63) is 279 Å². The Morgan fingerprint density at radius 2 is 0.522 bits per heavy atom. The summed E-state index contributed by atoms with van der Waals surface area (Å²) < 4.78 is 4.97. The zero-order valence-electron chi connectivity index (χ0n) is 38.0. The highest BCUT2D eigenvalue weighted by Gasteiger charge is 2.41. The first-order valence-electron chi connectivity index (χ1n) is 23.8. The molecule has 2 nitrogen and oxygen atoms in total. The minimum absolute atomic E-state index is 1.10. The topological polar surface area (TPSA) is 9.86 Å². The Morgan fingerprint density at radius 1 is 0.203 bits per heavy atom. The summed E-state index contributed by atoms with van der Waals surface area (Å²) in [6, 6.07) is 104. The minimum atomic E-state index is -2.80. The highest BCUT2D eigenvalue weighted by Crippen LogP contribution is 2.40. The summed E-state index contributed by atoms with van der Waals surface area (Å²) in [5.41, 5.74) is 14.0. The Kier molecular flexibility index (Phi) is 9.88. The van der Waals surface area contributed by atoms with Crippen LogP contribution in [0, 0.1) is 0 Å². The van der Waals surface area contributed by atoms with E-state index >= 15 is 0 Å². The summed E-state index contributed by atoms with van der Waals surface area (Å²) in [5.74, 6) is 0. The van der Waals surface area contributed by atoms with Gasteiger partial charge in [-0.15, -0.1) is 0 Å². The third kappa shape index (κ3) is 6.78. The van der Waals surface area contributed by atoms with E-state index < -0.39 is 8.07 Å². The average Bonchev–Trinajstić information content (AvgIpc) is 3.95. The van der Waals surface area contributed by atoms with E-state index in [4.69, 9.17) is 0 Å². The third-order valence-corrected chi connectivity index (χ3v) is 19.0. The lowest BCUT2D eigenvalue weighted by Crippen LogP contribution is -2.74.